The lowest BCUT2D eigenvalue weighted by Gasteiger charge is -2.37. The van der Waals surface area contributed by atoms with Gasteiger partial charge in [-0.2, -0.15) is 5.10 Å². The minimum Gasteiger partial charge on any atom is -0.492 e. The number of fused-ring (bicyclic) bond motifs is 2. The molecule has 44 heavy (non-hydrogen) atoms. The van der Waals surface area contributed by atoms with Gasteiger partial charge in [0.2, 0.25) is 0 Å². The molecule has 0 atom stereocenters. The molecule has 0 radical (unpaired) electrons. The third kappa shape index (κ3) is 5.01. The lowest BCUT2D eigenvalue weighted by Crippen LogP contribution is -2.56. The maximum absolute atomic E-state index is 14.8. The van der Waals surface area contributed by atoms with Crippen molar-refractivity contribution in [3.63, 3.8) is 0 Å². The molecular weight excluding hydrogens is 559 g/mol. The molecule has 0 spiro atoms. The van der Waals surface area contributed by atoms with Crippen LogP contribution in [0.4, 0.5) is 10.2 Å². The van der Waals surface area contributed by atoms with Crippen LogP contribution in [0.3, 0.4) is 0 Å². The number of pyridine rings is 2. The van der Waals surface area contributed by atoms with Gasteiger partial charge in [-0.25, -0.2) is 14.4 Å². The molecule has 0 unspecified atom stereocenters. The predicted molar refractivity (Wildman–Crippen MR) is 167 cm³/mol. The lowest BCUT2D eigenvalue weighted by atomic mass is 10.0. The smallest absolute Gasteiger partial charge is 0.147 e. The van der Waals surface area contributed by atoms with Crippen molar-refractivity contribution in [2.45, 2.75) is 18.9 Å². The fourth-order valence-corrected chi connectivity index (χ4v) is 6.10. The van der Waals surface area contributed by atoms with Crippen LogP contribution in [-0.2, 0) is 0 Å². The van der Waals surface area contributed by atoms with Gasteiger partial charge in [-0.1, -0.05) is 0 Å². The zero-order valence-corrected chi connectivity index (χ0v) is 24.0. The largest absolute Gasteiger partial charge is 0.492 e. The summed E-state index contributed by atoms with van der Waals surface area (Å²) >= 11 is 0. The molecule has 222 valence electrons. The monoisotopic (exact) mass is 590 g/mol. The van der Waals surface area contributed by atoms with E-state index in [9.17, 15) is 4.39 Å². The summed E-state index contributed by atoms with van der Waals surface area (Å²) in [6, 6.07) is 10.9. The summed E-state index contributed by atoms with van der Waals surface area (Å²) in [5.74, 6) is 0.953. The van der Waals surface area contributed by atoms with E-state index in [1.807, 2.05) is 24.3 Å². The number of aromatic nitrogens is 7. The quantitative estimate of drug-likeness (QED) is 0.236. The van der Waals surface area contributed by atoms with E-state index >= 15 is 0 Å². The Hall–Kier alpha value is -4.94. The van der Waals surface area contributed by atoms with E-state index in [0.717, 1.165) is 77.3 Å². The molecule has 6 aromatic rings. The lowest BCUT2D eigenvalue weighted by molar-refractivity contribution is 0.237. The second-order valence-corrected chi connectivity index (χ2v) is 11.5. The third-order valence-corrected chi connectivity index (χ3v) is 8.41. The van der Waals surface area contributed by atoms with Crippen molar-refractivity contribution in [3.8, 4) is 39.7 Å². The van der Waals surface area contributed by atoms with Gasteiger partial charge < -0.3 is 20.4 Å². The Morgan fingerprint density at radius 2 is 1.86 bits per heavy atom. The average molecular weight is 591 g/mol. The fourth-order valence-electron chi connectivity index (χ4n) is 6.10. The number of rotatable bonds is 8. The molecule has 12 heteroatoms. The fraction of sp³-hybridized carbons (Fsp3) is 0.281. The molecule has 1 aromatic carbocycles. The van der Waals surface area contributed by atoms with Gasteiger partial charge in [-0.05, 0) is 67.4 Å². The van der Waals surface area contributed by atoms with E-state index in [1.54, 1.807) is 24.8 Å². The van der Waals surface area contributed by atoms with E-state index in [0.29, 0.717) is 29.4 Å². The van der Waals surface area contributed by atoms with Crippen molar-refractivity contribution in [1.82, 2.24) is 40.0 Å². The van der Waals surface area contributed by atoms with E-state index in [2.05, 4.69) is 39.9 Å². The number of likely N-dealkylation sites (tertiary alicyclic amines) is 1. The molecule has 2 fully saturated rings. The van der Waals surface area contributed by atoms with E-state index in [-0.39, 0.29) is 11.9 Å². The SMILES string of the molecule is NC1CN(c2cncc(-c3cc4c(-c5cc6c(-c7cc(F)cc(OCCN8CCCC8)c7)ccnc6[nH]5)n[nH]c4cn3)n2)C1. The molecule has 7 heterocycles. The van der Waals surface area contributed by atoms with E-state index < -0.39 is 0 Å². The van der Waals surface area contributed by atoms with Crippen LogP contribution >= 0.6 is 0 Å². The standard InChI is InChI=1S/C32H31FN10O/c33-20-9-19(10-22(11-20)44-8-7-42-5-1-2-6-42)23-3-4-36-32-24(23)12-27(39-32)31-25-13-26(37-15-28(25)40-41-31)29-14-35-16-30(38-29)43-17-21(34)18-43/h3-4,9-16,21H,1-2,5-8,17-18,34H2,(H,36,39)(H,40,41). The number of ether oxygens (including phenoxy) is 1. The Bertz CT molecular complexity index is 1980. The Labute approximate surface area is 252 Å². The molecule has 4 N–H and O–H groups in total. The number of hydrogen-bond acceptors (Lipinski definition) is 9. The molecule has 0 amide bonds. The summed E-state index contributed by atoms with van der Waals surface area (Å²) in [6.07, 6.45) is 9.38. The van der Waals surface area contributed by atoms with Crippen LogP contribution in [-0.4, -0.2) is 85.4 Å². The summed E-state index contributed by atoms with van der Waals surface area (Å²) in [5.41, 5.74) is 11.8. The molecule has 0 aliphatic carbocycles. The minimum atomic E-state index is -0.346. The van der Waals surface area contributed by atoms with Crippen LogP contribution in [0.1, 0.15) is 12.8 Å². The average Bonchev–Trinajstić information content (AvgIpc) is 3.78. The van der Waals surface area contributed by atoms with Gasteiger partial charge in [-0.15, -0.1) is 0 Å². The topological polar surface area (TPSA) is 138 Å². The highest BCUT2D eigenvalue weighted by Crippen LogP contribution is 2.35. The number of benzene rings is 1. The van der Waals surface area contributed by atoms with Crippen molar-refractivity contribution < 1.29 is 9.13 Å². The van der Waals surface area contributed by atoms with Gasteiger partial charge in [0.15, 0.2) is 0 Å². The van der Waals surface area contributed by atoms with Crippen LogP contribution in [0, 0.1) is 5.82 Å². The van der Waals surface area contributed by atoms with Gasteiger partial charge in [0.05, 0.1) is 35.5 Å². The van der Waals surface area contributed by atoms with Crippen LogP contribution < -0.4 is 15.4 Å². The molecule has 0 bridgehead atoms. The number of halogens is 1. The van der Waals surface area contributed by atoms with Gasteiger partial charge in [0, 0.05) is 48.7 Å². The molecule has 2 saturated heterocycles. The van der Waals surface area contributed by atoms with Crippen molar-refractivity contribution in [2.75, 3.05) is 44.2 Å². The van der Waals surface area contributed by atoms with Crippen molar-refractivity contribution >= 4 is 27.8 Å². The highest BCUT2D eigenvalue weighted by molar-refractivity contribution is 6.00. The second kappa shape index (κ2) is 11.0. The number of nitrogens with one attached hydrogen (secondary N) is 2. The molecule has 8 rings (SSSR count). The Kier molecular flexibility index (Phi) is 6.64. The van der Waals surface area contributed by atoms with Gasteiger partial charge >= 0.3 is 0 Å². The predicted octanol–water partition coefficient (Wildman–Crippen LogP) is 4.39. The van der Waals surface area contributed by atoms with E-state index in [4.69, 9.17) is 15.5 Å². The third-order valence-electron chi connectivity index (χ3n) is 8.41. The summed E-state index contributed by atoms with van der Waals surface area (Å²) in [5, 5.41) is 9.42. The molecule has 2 aliphatic rings. The minimum absolute atomic E-state index is 0.163. The summed E-state index contributed by atoms with van der Waals surface area (Å²) < 4.78 is 20.8. The van der Waals surface area contributed by atoms with Crippen molar-refractivity contribution in [1.29, 1.82) is 0 Å². The highest BCUT2D eigenvalue weighted by atomic mass is 19.1. The van der Waals surface area contributed by atoms with Gasteiger partial charge in [0.1, 0.15) is 41.0 Å². The summed E-state index contributed by atoms with van der Waals surface area (Å²) in [4.78, 5) is 26.2. The second-order valence-electron chi connectivity index (χ2n) is 11.5. The number of aromatic amines is 2. The first-order valence-electron chi connectivity index (χ1n) is 14.9. The molecule has 0 saturated carbocycles. The summed E-state index contributed by atoms with van der Waals surface area (Å²) in [7, 11) is 0. The van der Waals surface area contributed by atoms with Crippen LogP contribution in [0.2, 0.25) is 0 Å². The molecule has 5 aromatic heterocycles. The first-order chi connectivity index (χ1) is 21.6. The first kappa shape index (κ1) is 26.7. The van der Waals surface area contributed by atoms with Crippen LogP contribution in [0.25, 0.3) is 55.8 Å². The maximum Gasteiger partial charge on any atom is 0.147 e. The van der Waals surface area contributed by atoms with Gasteiger partial charge in [0.25, 0.3) is 0 Å². The molecular formula is C32H31FN10O. The summed E-state index contributed by atoms with van der Waals surface area (Å²) in [6.45, 7) is 5.08. The Morgan fingerprint density at radius 3 is 2.73 bits per heavy atom. The highest BCUT2D eigenvalue weighted by Gasteiger charge is 2.25. The zero-order chi connectivity index (χ0) is 29.6. The Morgan fingerprint density at radius 1 is 0.977 bits per heavy atom. The molecule has 2 aliphatic heterocycles. The van der Waals surface area contributed by atoms with Crippen LogP contribution in [0.5, 0.6) is 5.75 Å². The van der Waals surface area contributed by atoms with Crippen molar-refractivity contribution in [2.24, 2.45) is 5.73 Å². The van der Waals surface area contributed by atoms with Crippen LogP contribution in [0.15, 0.2) is 61.2 Å². The molecule has 11 nitrogen and oxygen atoms in total. The first-order valence-corrected chi connectivity index (χ1v) is 14.9. The number of nitrogens with two attached hydrogens (primary N) is 1. The number of hydrogen-bond donors (Lipinski definition) is 3. The Balaban J connectivity index is 1.11. The number of H-pyrrole nitrogens is 2. The zero-order valence-electron chi connectivity index (χ0n) is 24.0. The van der Waals surface area contributed by atoms with Crippen molar-refractivity contribution in [3.05, 3.63) is 67.0 Å². The van der Waals surface area contributed by atoms with Gasteiger partial charge in [-0.3, -0.25) is 20.0 Å². The maximum atomic E-state index is 14.8. The van der Waals surface area contributed by atoms with E-state index in [1.165, 1.54) is 25.0 Å². The number of anilines is 1. The number of nitrogens with zero attached hydrogens (tertiary/aromatic N) is 7. The normalized spacial score (nSPS) is 15.8.